The van der Waals surface area contributed by atoms with Crippen LogP contribution in [0, 0.1) is 0 Å². The Balaban J connectivity index is 2.70. The molecule has 0 atom stereocenters. The summed E-state index contributed by atoms with van der Waals surface area (Å²) < 4.78 is 2.14. The summed E-state index contributed by atoms with van der Waals surface area (Å²) >= 11 is 4.87. The molecule has 13 heavy (non-hydrogen) atoms. The molecule has 0 saturated carbocycles. The molecule has 1 nitrogen and oxygen atoms in total. The van der Waals surface area contributed by atoms with Crippen molar-refractivity contribution in [1.29, 1.82) is 0 Å². The Bertz CT molecular complexity index is 442. The molecule has 2 rings (SSSR count). The highest BCUT2D eigenvalue weighted by atomic mass is 32.1. The minimum absolute atomic E-state index is 0.872. The first-order valence-electron chi connectivity index (χ1n) is 4.29. The van der Waals surface area contributed by atoms with E-state index in [1.54, 1.807) is 5.37 Å². The van der Waals surface area contributed by atoms with Gasteiger partial charge in [-0.05, 0) is 17.0 Å². The molecule has 0 bridgehead atoms. The predicted octanol–water partition coefficient (Wildman–Crippen LogP) is 2.72. The van der Waals surface area contributed by atoms with Gasteiger partial charge in [-0.15, -0.1) is 0 Å². The zero-order chi connectivity index (χ0) is 9.26. The summed E-state index contributed by atoms with van der Waals surface area (Å²) in [6, 6.07) is 8.39. The summed E-state index contributed by atoms with van der Waals surface area (Å²) in [6.07, 6.45) is 3.02. The summed E-state index contributed by atoms with van der Waals surface area (Å²) in [6.45, 7) is 0. The molecule has 1 heterocycles. The van der Waals surface area contributed by atoms with E-state index < -0.39 is 0 Å². The van der Waals surface area contributed by atoms with Crippen molar-refractivity contribution in [2.75, 3.05) is 0 Å². The predicted molar refractivity (Wildman–Crippen MR) is 60.3 cm³/mol. The average Bonchev–Trinajstić information content (AvgIpc) is 2.46. The fourth-order valence-corrected chi connectivity index (χ4v) is 1.86. The lowest BCUT2D eigenvalue weighted by molar-refractivity contribution is 0.962. The molecule has 1 aromatic heterocycles. The minimum atomic E-state index is 0.872. The van der Waals surface area contributed by atoms with Crippen LogP contribution in [0.25, 0.3) is 10.9 Å². The molecule has 0 aliphatic carbocycles. The number of aromatic nitrogens is 1. The van der Waals surface area contributed by atoms with E-state index in [1.807, 2.05) is 0 Å². The summed E-state index contributed by atoms with van der Waals surface area (Å²) in [5.74, 6) is 0. The Morgan fingerprint density at radius 3 is 2.92 bits per heavy atom. The normalized spacial score (nSPS) is 10.5. The van der Waals surface area contributed by atoms with Crippen LogP contribution in [0.1, 0.15) is 5.56 Å². The van der Waals surface area contributed by atoms with Crippen LogP contribution in [-0.2, 0) is 13.5 Å². The van der Waals surface area contributed by atoms with Crippen molar-refractivity contribution in [3.05, 3.63) is 36.0 Å². The van der Waals surface area contributed by atoms with Crippen LogP contribution in [0.15, 0.2) is 30.5 Å². The molecule has 0 N–H and O–H groups in total. The summed E-state index contributed by atoms with van der Waals surface area (Å²) in [5.41, 5.74) is 2.59. The van der Waals surface area contributed by atoms with Crippen LogP contribution in [0.2, 0.25) is 0 Å². The lowest BCUT2D eigenvalue weighted by atomic mass is 10.1. The van der Waals surface area contributed by atoms with Gasteiger partial charge < -0.3 is 4.57 Å². The Kier molecular flexibility index (Phi) is 2.15. The average molecular weight is 189 g/mol. The van der Waals surface area contributed by atoms with Crippen molar-refractivity contribution in [3.63, 3.8) is 0 Å². The van der Waals surface area contributed by atoms with Crippen LogP contribution in [0.3, 0.4) is 0 Å². The number of para-hydroxylation sites is 1. The third-order valence-corrected chi connectivity index (χ3v) is 2.45. The van der Waals surface area contributed by atoms with Gasteiger partial charge in [-0.25, -0.2) is 0 Å². The molecule has 0 amide bonds. The zero-order valence-electron chi connectivity index (χ0n) is 7.53. The van der Waals surface area contributed by atoms with Crippen LogP contribution in [0.4, 0.5) is 0 Å². The second-order valence-electron chi connectivity index (χ2n) is 3.15. The molecular formula is C11H11NS. The SMILES string of the molecule is Cn1cc(CC=S)c2ccccc21. The van der Waals surface area contributed by atoms with Gasteiger partial charge in [0.05, 0.1) is 0 Å². The standard InChI is InChI=1S/C11H11NS/c1-12-8-9(6-7-13)10-4-2-3-5-11(10)12/h2-5,7-8H,6H2,1H3. The van der Waals surface area contributed by atoms with E-state index in [1.165, 1.54) is 16.5 Å². The van der Waals surface area contributed by atoms with Gasteiger partial charge >= 0.3 is 0 Å². The molecule has 0 aliphatic rings. The zero-order valence-corrected chi connectivity index (χ0v) is 8.34. The van der Waals surface area contributed by atoms with Crippen LogP contribution in [-0.4, -0.2) is 9.93 Å². The van der Waals surface area contributed by atoms with Gasteiger partial charge in [0.25, 0.3) is 0 Å². The van der Waals surface area contributed by atoms with Gasteiger partial charge in [-0.2, -0.15) is 0 Å². The second kappa shape index (κ2) is 3.30. The molecule has 1 aromatic carbocycles. The van der Waals surface area contributed by atoms with Gasteiger partial charge in [-0.3, -0.25) is 0 Å². The van der Waals surface area contributed by atoms with E-state index >= 15 is 0 Å². The Morgan fingerprint density at radius 2 is 2.15 bits per heavy atom. The fraction of sp³-hybridized carbons (Fsp3) is 0.182. The number of hydrogen-bond acceptors (Lipinski definition) is 1. The van der Waals surface area contributed by atoms with Crippen LogP contribution >= 0.6 is 12.2 Å². The fourth-order valence-electron chi connectivity index (χ4n) is 1.68. The number of hydrogen-bond donors (Lipinski definition) is 0. The first kappa shape index (κ1) is 8.45. The highest BCUT2D eigenvalue weighted by Gasteiger charge is 2.03. The second-order valence-corrected chi connectivity index (χ2v) is 3.49. The van der Waals surface area contributed by atoms with Crippen molar-refractivity contribution >= 4 is 28.5 Å². The van der Waals surface area contributed by atoms with E-state index in [9.17, 15) is 0 Å². The van der Waals surface area contributed by atoms with Gasteiger partial charge in [0.1, 0.15) is 0 Å². The molecule has 66 valence electrons. The van der Waals surface area contributed by atoms with Crippen molar-refractivity contribution < 1.29 is 0 Å². The van der Waals surface area contributed by atoms with Gasteiger partial charge in [0, 0.05) is 30.6 Å². The first-order valence-corrected chi connectivity index (χ1v) is 4.76. The largest absolute Gasteiger partial charge is 0.350 e. The van der Waals surface area contributed by atoms with Crippen molar-refractivity contribution in [3.8, 4) is 0 Å². The van der Waals surface area contributed by atoms with E-state index in [0.29, 0.717) is 0 Å². The third-order valence-electron chi connectivity index (χ3n) is 2.28. The lowest BCUT2D eigenvalue weighted by Gasteiger charge is -1.93. The molecule has 0 fully saturated rings. The molecule has 0 saturated heterocycles. The highest BCUT2D eigenvalue weighted by molar-refractivity contribution is 7.79. The molecule has 2 aromatic rings. The van der Waals surface area contributed by atoms with Crippen LogP contribution < -0.4 is 0 Å². The smallest absolute Gasteiger partial charge is 0.0480 e. The first-order chi connectivity index (χ1) is 6.33. The van der Waals surface area contributed by atoms with E-state index in [0.717, 1.165) is 6.42 Å². The maximum Gasteiger partial charge on any atom is 0.0480 e. The highest BCUT2D eigenvalue weighted by Crippen LogP contribution is 2.19. The molecule has 0 unspecified atom stereocenters. The molecule has 0 aliphatic heterocycles. The minimum Gasteiger partial charge on any atom is -0.350 e. The quantitative estimate of drug-likeness (QED) is 0.658. The number of thiocarbonyl (C=S) groups is 1. The van der Waals surface area contributed by atoms with Crippen molar-refractivity contribution in [2.45, 2.75) is 6.42 Å². The van der Waals surface area contributed by atoms with Crippen molar-refractivity contribution in [2.24, 2.45) is 7.05 Å². The van der Waals surface area contributed by atoms with E-state index in [4.69, 9.17) is 12.2 Å². The van der Waals surface area contributed by atoms with Crippen molar-refractivity contribution in [1.82, 2.24) is 4.57 Å². The maximum absolute atomic E-state index is 4.87. The lowest BCUT2D eigenvalue weighted by Crippen LogP contribution is -1.82. The molecule has 2 heteroatoms. The topological polar surface area (TPSA) is 4.93 Å². The maximum atomic E-state index is 4.87. The number of rotatable bonds is 2. The van der Waals surface area contributed by atoms with Gasteiger partial charge in [0.15, 0.2) is 0 Å². The Morgan fingerprint density at radius 1 is 1.38 bits per heavy atom. The Hall–Kier alpha value is -1.15. The van der Waals surface area contributed by atoms with Gasteiger partial charge in [-0.1, -0.05) is 30.4 Å². The number of nitrogens with zero attached hydrogens (tertiary/aromatic N) is 1. The van der Waals surface area contributed by atoms with E-state index in [2.05, 4.69) is 42.1 Å². The summed E-state index contributed by atoms with van der Waals surface area (Å²) in [4.78, 5) is 0. The number of fused-ring (bicyclic) bond motifs is 1. The monoisotopic (exact) mass is 189 g/mol. The third kappa shape index (κ3) is 1.38. The molecular weight excluding hydrogens is 178 g/mol. The Labute approximate surface area is 83.0 Å². The van der Waals surface area contributed by atoms with Crippen LogP contribution in [0.5, 0.6) is 0 Å². The number of benzene rings is 1. The van der Waals surface area contributed by atoms with E-state index in [-0.39, 0.29) is 0 Å². The molecule has 0 spiro atoms. The van der Waals surface area contributed by atoms with Gasteiger partial charge in [0.2, 0.25) is 0 Å². The summed E-state index contributed by atoms with van der Waals surface area (Å²) in [7, 11) is 2.06. The molecule has 0 radical (unpaired) electrons. The summed E-state index contributed by atoms with van der Waals surface area (Å²) in [5, 5.41) is 3.09. The number of aryl methyl sites for hydroxylation is 1.